The molecule has 1 N–H and O–H groups in total. The van der Waals surface area contributed by atoms with Crippen molar-refractivity contribution < 1.29 is 13.0 Å². The van der Waals surface area contributed by atoms with Crippen LogP contribution in [0.2, 0.25) is 0 Å². The molecule has 0 aromatic heterocycles. The predicted molar refractivity (Wildman–Crippen MR) is 49.9 cm³/mol. The van der Waals surface area contributed by atoms with E-state index in [0.29, 0.717) is 0 Å². The third-order valence-corrected chi connectivity index (χ3v) is 3.72. The van der Waals surface area contributed by atoms with Crippen molar-refractivity contribution >= 4 is 64.9 Å². The van der Waals surface area contributed by atoms with Gasteiger partial charge in [0, 0.05) is 5.25 Å². The van der Waals surface area contributed by atoms with Gasteiger partial charge in [-0.25, -0.2) is 0 Å². The SMILES string of the molecule is CC(S)C(S)S(=O)(=O)O.[NaH]. The van der Waals surface area contributed by atoms with Crippen molar-refractivity contribution in [1.29, 1.82) is 0 Å². The molecule has 0 aliphatic heterocycles. The van der Waals surface area contributed by atoms with Crippen LogP contribution in [0.1, 0.15) is 6.92 Å². The summed E-state index contributed by atoms with van der Waals surface area (Å²) in [6.45, 7) is 1.54. The topological polar surface area (TPSA) is 54.4 Å². The summed E-state index contributed by atoms with van der Waals surface area (Å²) in [5, 5.41) is -0.469. The molecule has 7 heteroatoms. The molecule has 0 heterocycles. The van der Waals surface area contributed by atoms with Crippen LogP contribution in [0.4, 0.5) is 0 Å². The van der Waals surface area contributed by atoms with Crippen LogP contribution in [0.15, 0.2) is 0 Å². The van der Waals surface area contributed by atoms with Gasteiger partial charge < -0.3 is 0 Å². The van der Waals surface area contributed by atoms with E-state index in [1.54, 1.807) is 0 Å². The van der Waals surface area contributed by atoms with Gasteiger partial charge in [0.15, 0.2) is 0 Å². The fourth-order valence-corrected chi connectivity index (χ4v) is 1.21. The zero-order chi connectivity index (χ0) is 7.65. The molecule has 0 spiro atoms. The molecular formula is C3H9NaO3S3. The molecular weight excluding hydrogens is 203 g/mol. The summed E-state index contributed by atoms with van der Waals surface area (Å²) in [5.41, 5.74) is 0. The number of hydrogen-bond acceptors (Lipinski definition) is 4. The van der Waals surface area contributed by atoms with E-state index in [-0.39, 0.29) is 29.6 Å². The Bertz CT molecular complexity index is 175. The Labute approximate surface area is 93.8 Å². The molecule has 0 aliphatic rings. The maximum absolute atomic E-state index is 10.2. The van der Waals surface area contributed by atoms with E-state index in [4.69, 9.17) is 4.55 Å². The number of hydrogen-bond donors (Lipinski definition) is 3. The van der Waals surface area contributed by atoms with Crippen LogP contribution in [0.5, 0.6) is 0 Å². The molecule has 10 heavy (non-hydrogen) atoms. The van der Waals surface area contributed by atoms with Gasteiger partial charge in [0.2, 0.25) is 0 Å². The molecule has 58 valence electrons. The Morgan fingerprint density at radius 3 is 1.70 bits per heavy atom. The van der Waals surface area contributed by atoms with Gasteiger partial charge in [-0.05, 0) is 0 Å². The van der Waals surface area contributed by atoms with E-state index < -0.39 is 20.0 Å². The standard InChI is InChI=1S/C3H8O3S3.Na.H/c1-2(7)3(8)9(4,5)6;;/h2-3,7-8H,1H3,(H,4,5,6);;. The van der Waals surface area contributed by atoms with Crippen LogP contribution in [0.25, 0.3) is 0 Å². The van der Waals surface area contributed by atoms with Crippen molar-refractivity contribution in [2.45, 2.75) is 16.8 Å². The molecule has 0 aromatic rings. The van der Waals surface area contributed by atoms with Crippen molar-refractivity contribution in [3.8, 4) is 0 Å². The van der Waals surface area contributed by atoms with Crippen molar-refractivity contribution in [3.63, 3.8) is 0 Å². The molecule has 0 saturated heterocycles. The fourth-order valence-electron chi connectivity index (χ4n) is 0.249. The van der Waals surface area contributed by atoms with Crippen LogP contribution in [0, 0.1) is 0 Å². The summed E-state index contributed by atoms with van der Waals surface area (Å²) in [5.74, 6) is 0. The first-order valence-electron chi connectivity index (χ1n) is 2.18. The maximum atomic E-state index is 10.2. The minimum absolute atomic E-state index is 0. The van der Waals surface area contributed by atoms with Crippen molar-refractivity contribution in [1.82, 2.24) is 0 Å². The Kier molecular flexibility index (Phi) is 7.49. The summed E-state index contributed by atoms with van der Waals surface area (Å²) in [4.78, 5) is 0. The molecule has 0 bridgehead atoms. The summed E-state index contributed by atoms with van der Waals surface area (Å²) in [6.07, 6.45) is 0. The third kappa shape index (κ3) is 5.29. The quantitative estimate of drug-likeness (QED) is 0.337. The van der Waals surface area contributed by atoms with Gasteiger partial charge in [-0.3, -0.25) is 4.55 Å². The van der Waals surface area contributed by atoms with Crippen molar-refractivity contribution in [2.24, 2.45) is 0 Å². The van der Waals surface area contributed by atoms with E-state index in [9.17, 15) is 8.42 Å². The summed E-state index contributed by atoms with van der Waals surface area (Å²) < 4.78 is 27.6. The summed E-state index contributed by atoms with van der Waals surface area (Å²) in [6, 6.07) is 0. The van der Waals surface area contributed by atoms with E-state index in [1.807, 2.05) is 0 Å². The van der Waals surface area contributed by atoms with Gasteiger partial charge >= 0.3 is 29.6 Å². The Morgan fingerprint density at radius 2 is 1.70 bits per heavy atom. The van der Waals surface area contributed by atoms with E-state index in [2.05, 4.69) is 25.3 Å². The average molecular weight is 212 g/mol. The van der Waals surface area contributed by atoms with Crippen LogP contribution < -0.4 is 0 Å². The van der Waals surface area contributed by atoms with Crippen LogP contribution in [-0.4, -0.2) is 52.4 Å². The second-order valence-corrected chi connectivity index (χ2v) is 4.90. The first-order chi connectivity index (χ1) is 3.85. The van der Waals surface area contributed by atoms with Gasteiger partial charge in [0.05, 0.1) is 0 Å². The second-order valence-electron chi connectivity index (χ2n) is 1.65. The van der Waals surface area contributed by atoms with Crippen LogP contribution in [-0.2, 0) is 10.1 Å². The molecule has 0 amide bonds. The molecule has 0 aliphatic carbocycles. The molecule has 3 nitrogen and oxygen atoms in total. The number of rotatable bonds is 2. The predicted octanol–water partition coefficient (Wildman–Crippen LogP) is -0.200. The molecule has 0 radical (unpaired) electrons. The molecule has 0 fully saturated rings. The van der Waals surface area contributed by atoms with E-state index in [0.717, 1.165) is 0 Å². The van der Waals surface area contributed by atoms with Crippen LogP contribution >= 0.6 is 25.3 Å². The fraction of sp³-hybridized carbons (Fsp3) is 1.00. The molecule has 0 rings (SSSR count). The monoisotopic (exact) mass is 212 g/mol. The molecule has 0 aromatic carbocycles. The normalized spacial score (nSPS) is 17.2. The van der Waals surface area contributed by atoms with E-state index >= 15 is 0 Å². The second kappa shape index (κ2) is 5.29. The Balaban J connectivity index is 0. The zero-order valence-electron chi connectivity index (χ0n) is 4.72. The third-order valence-electron chi connectivity index (χ3n) is 0.718. The summed E-state index contributed by atoms with van der Waals surface area (Å²) >= 11 is 7.36. The molecule has 0 saturated carbocycles. The Hall–Kier alpha value is 1.61. The molecule has 2 unspecified atom stereocenters. The van der Waals surface area contributed by atoms with Crippen molar-refractivity contribution in [2.75, 3.05) is 0 Å². The first-order valence-corrected chi connectivity index (χ1v) is 4.71. The van der Waals surface area contributed by atoms with Gasteiger partial charge in [0.25, 0.3) is 10.1 Å². The van der Waals surface area contributed by atoms with Gasteiger partial charge in [-0.15, -0.1) is 0 Å². The van der Waals surface area contributed by atoms with E-state index in [1.165, 1.54) is 6.92 Å². The van der Waals surface area contributed by atoms with Crippen LogP contribution in [0.3, 0.4) is 0 Å². The number of thiol groups is 2. The van der Waals surface area contributed by atoms with Gasteiger partial charge in [-0.2, -0.15) is 33.7 Å². The van der Waals surface area contributed by atoms with Gasteiger partial charge in [-0.1, -0.05) is 6.92 Å². The Morgan fingerprint density at radius 1 is 1.40 bits per heavy atom. The van der Waals surface area contributed by atoms with Gasteiger partial charge in [0.1, 0.15) is 4.58 Å². The first kappa shape index (κ1) is 14.2. The summed E-state index contributed by atoms with van der Waals surface area (Å²) in [7, 11) is -4.01. The minimum atomic E-state index is -4.01. The average Bonchev–Trinajstić information content (AvgIpc) is 1.62. The molecule has 2 atom stereocenters. The van der Waals surface area contributed by atoms with Crippen molar-refractivity contribution in [3.05, 3.63) is 0 Å². The zero-order valence-corrected chi connectivity index (χ0v) is 7.33.